The molecule has 0 aliphatic carbocycles. The Balaban J connectivity index is 1.29. The largest absolute Gasteiger partial charge is 0.325 e. The summed E-state index contributed by atoms with van der Waals surface area (Å²) in [5.74, 6) is 0.458. The van der Waals surface area contributed by atoms with E-state index in [0.29, 0.717) is 17.6 Å². The van der Waals surface area contributed by atoms with Crippen LogP contribution in [0.1, 0.15) is 38.3 Å². The highest BCUT2D eigenvalue weighted by Gasteiger charge is 2.38. The van der Waals surface area contributed by atoms with E-state index in [9.17, 15) is 4.79 Å². The molecule has 0 saturated carbocycles. The van der Waals surface area contributed by atoms with Gasteiger partial charge in [-0.2, -0.15) is 10.1 Å². The van der Waals surface area contributed by atoms with Crippen LogP contribution in [0.25, 0.3) is 16.9 Å². The van der Waals surface area contributed by atoms with Gasteiger partial charge in [-0.05, 0) is 57.5 Å². The van der Waals surface area contributed by atoms with Crippen LogP contribution in [0.3, 0.4) is 0 Å². The average Bonchev–Trinajstić information content (AvgIpc) is 3.51. The minimum absolute atomic E-state index is 0.00116. The Bertz CT molecular complexity index is 1360. The van der Waals surface area contributed by atoms with E-state index in [4.69, 9.17) is 0 Å². The van der Waals surface area contributed by atoms with Gasteiger partial charge in [-0.15, -0.1) is 5.10 Å². The van der Waals surface area contributed by atoms with Crippen LogP contribution in [0.5, 0.6) is 0 Å². The van der Waals surface area contributed by atoms with Crippen molar-refractivity contribution >= 4 is 28.9 Å². The van der Waals surface area contributed by atoms with Crippen molar-refractivity contribution in [3.8, 4) is 11.3 Å². The van der Waals surface area contributed by atoms with Crippen LogP contribution in [0.15, 0.2) is 43.0 Å². The SMILES string of the molecule is CC1(C)C(=O)Nc2cc(Nc3nc4c(-c5cnn(C6CCNCC6)c5)nccn4n3)ccc21. The summed E-state index contributed by atoms with van der Waals surface area (Å²) in [4.78, 5) is 21.5. The van der Waals surface area contributed by atoms with Gasteiger partial charge < -0.3 is 16.0 Å². The molecule has 10 nitrogen and oxygen atoms in total. The quantitative estimate of drug-likeness (QED) is 0.444. The van der Waals surface area contributed by atoms with E-state index in [2.05, 4.69) is 36.1 Å². The summed E-state index contributed by atoms with van der Waals surface area (Å²) < 4.78 is 3.75. The van der Waals surface area contributed by atoms with E-state index in [1.807, 2.05) is 49.1 Å². The maximum Gasteiger partial charge on any atom is 0.247 e. The van der Waals surface area contributed by atoms with Crippen LogP contribution < -0.4 is 16.0 Å². The van der Waals surface area contributed by atoms with Crippen LogP contribution in [-0.2, 0) is 10.2 Å². The van der Waals surface area contributed by atoms with Gasteiger partial charge in [0.1, 0.15) is 5.69 Å². The lowest BCUT2D eigenvalue weighted by Crippen LogP contribution is -2.29. The first-order valence-corrected chi connectivity index (χ1v) is 11.2. The van der Waals surface area contributed by atoms with Gasteiger partial charge in [0.2, 0.25) is 11.9 Å². The monoisotopic (exact) mass is 443 g/mol. The number of anilines is 3. The summed E-state index contributed by atoms with van der Waals surface area (Å²) in [6.07, 6.45) is 9.52. The van der Waals surface area contributed by atoms with Crippen molar-refractivity contribution in [3.05, 3.63) is 48.5 Å². The average molecular weight is 444 g/mol. The predicted molar refractivity (Wildman–Crippen MR) is 125 cm³/mol. The molecule has 1 fully saturated rings. The zero-order valence-electron chi connectivity index (χ0n) is 18.5. The van der Waals surface area contributed by atoms with Crippen LogP contribution in [0.2, 0.25) is 0 Å². The van der Waals surface area contributed by atoms with Crippen molar-refractivity contribution in [2.24, 2.45) is 0 Å². The van der Waals surface area contributed by atoms with Crippen molar-refractivity contribution in [3.63, 3.8) is 0 Å². The number of hydrogen-bond acceptors (Lipinski definition) is 7. The van der Waals surface area contributed by atoms with Crippen LogP contribution >= 0.6 is 0 Å². The molecule has 0 bridgehead atoms. The molecular weight excluding hydrogens is 418 g/mol. The lowest BCUT2D eigenvalue weighted by atomic mass is 9.86. The Morgan fingerprint density at radius 1 is 1.21 bits per heavy atom. The van der Waals surface area contributed by atoms with Crippen molar-refractivity contribution in [2.45, 2.75) is 38.1 Å². The van der Waals surface area contributed by atoms with E-state index in [1.54, 1.807) is 16.9 Å². The number of nitrogens with zero attached hydrogens (tertiary/aromatic N) is 6. The molecule has 1 aromatic carbocycles. The van der Waals surface area contributed by atoms with Crippen LogP contribution in [0, 0.1) is 0 Å². The highest BCUT2D eigenvalue weighted by Crippen LogP contribution is 2.39. The molecule has 168 valence electrons. The molecule has 3 aromatic heterocycles. The number of piperidine rings is 1. The summed E-state index contributed by atoms with van der Waals surface area (Å²) in [7, 11) is 0. The zero-order chi connectivity index (χ0) is 22.6. The molecule has 5 heterocycles. The number of nitrogens with one attached hydrogen (secondary N) is 3. The molecule has 1 saturated heterocycles. The highest BCUT2D eigenvalue weighted by atomic mass is 16.2. The van der Waals surface area contributed by atoms with Gasteiger partial charge in [0, 0.05) is 35.5 Å². The Hall–Kier alpha value is -3.79. The summed E-state index contributed by atoms with van der Waals surface area (Å²) >= 11 is 0. The highest BCUT2D eigenvalue weighted by molar-refractivity contribution is 6.06. The second kappa shape index (κ2) is 7.38. The fourth-order valence-electron chi connectivity index (χ4n) is 4.61. The number of hydrogen-bond donors (Lipinski definition) is 3. The van der Waals surface area contributed by atoms with Crippen molar-refractivity contribution in [1.82, 2.24) is 34.7 Å². The van der Waals surface area contributed by atoms with Gasteiger partial charge >= 0.3 is 0 Å². The zero-order valence-corrected chi connectivity index (χ0v) is 18.5. The molecule has 33 heavy (non-hydrogen) atoms. The van der Waals surface area contributed by atoms with Gasteiger partial charge in [0.15, 0.2) is 5.65 Å². The Morgan fingerprint density at radius 2 is 2.06 bits per heavy atom. The summed E-state index contributed by atoms with van der Waals surface area (Å²) in [6.45, 7) is 5.87. The van der Waals surface area contributed by atoms with E-state index in [1.165, 1.54) is 0 Å². The smallest absolute Gasteiger partial charge is 0.247 e. The second-order valence-electron chi connectivity index (χ2n) is 9.13. The third-order valence-corrected chi connectivity index (χ3v) is 6.58. The number of benzene rings is 1. The molecule has 6 rings (SSSR count). The topological polar surface area (TPSA) is 114 Å². The lowest BCUT2D eigenvalue weighted by Gasteiger charge is -2.22. The minimum Gasteiger partial charge on any atom is -0.325 e. The first-order valence-electron chi connectivity index (χ1n) is 11.2. The first-order chi connectivity index (χ1) is 16.0. The fraction of sp³-hybridized carbons (Fsp3) is 0.348. The number of carbonyl (C=O) groups is 1. The van der Waals surface area contributed by atoms with Crippen molar-refractivity contribution in [2.75, 3.05) is 23.7 Å². The lowest BCUT2D eigenvalue weighted by molar-refractivity contribution is -0.119. The van der Waals surface area contributed by atoms with Gasteiger partial charge in [0.05, 0.1) is 17.7 Å². The number of aromatic nitrogens is 6. The third kappa shape index (κ3) is 3.34. The van der Waals surface area contributed by atoms with Gasteiger partial charge in [-0.25, -0.2) is 4.52 Å². The van der Waals surface area contributed by atoms with E-state index < -0.39 is 5.41 Å². The molecular formula is C23H25N9O. The maximum absolute atomic E-state index is 12.2. The first kappa shape index (κ1) is 19.9. The molecule has 10 heteroatoms. The van der Waals surface area contributed by atoms with E-state index in [-0.39, 0.29) is 5.91 Å². The predicted octanol–water partition coefficient (Wildman–Crippen LogP) is 2.89. The van der Waals surface area contributed by atoms with E-state index in [0.717, 1.165) is 54.1 Å². The molecule has 1 amide bonds. The molecule has 3 N–H and O–H groups in total. The Labute approximate surface area is 190 Å². The van der Waals surface area contributed by atoms with Gasteiger partial charge in [-0.1, -0.05) is 6.07 Å². The number of amides is 1. The second-order valence-corrected chi connectivity index (χ2v) is 9.13. The van der Waals surface area contributed by atoms with Gasteiger partial charge in [0.25, 0.3) is 0 Å². The molecule has 0 radical (unpaired) electrons. The molecule has 0 spiro atoms. The Morgan fingerprint density at radius 3 is 2.91 bits per heavy atom. The van der Waals surface area contributed by atoms with Crippen LogP contribution in [0.4, 0.5) is 17.3 Å². The van der Waals surface area contributed by atoms with Crippen LogP contribution in [-0.4, -0.2) is 48.4 Å². The summed E-state index contributed by atoms with van der Waals surface area (Å²) in [6, 6.07) is 6.22. The molecule has 4 aromatic rings. The van der Waals surface area contributed by atoms with E-state index >= 15 is 0 Å². The summed E-state index contributed by atoms with van der Waals surface area (Å²) in [5, 5.41) is 18.7. The van der Waals surface area contributed by atoms with Crippen molar-refractivity contribution < 1.29 is 4.79 Å². The molecule has 2 aliphatic rings. The fourth-order valence-corrected chi connectivity index (χ4v) is 4.61. The molecule has 0 unspecified atom stereocenters. The molecule has 0 atom stereocenters. The summed E-state index contributed by atoms with van der Waals surface area (Å²) in [5.41, 5.74) is 4.37. The normalized spacial score (nSPS) is 17.8. The third-order valence-electron chi connectivity index (χ3n) is 6.58. The Kier molecular flexibility index (Phi) is 4.44. The number of rotatable bonds is 4. The maximum atomic E-state index is 12.2. The van der Waals surface area contributed by atoms with Gasteiger partial charge in [-0.3, -0.25) is 14.5 Å². The molecule has 2 aliphatic heterocycles. The number of fused-ring (bicyclic) bond motifs is 2. The standard InChI is InChI=1S/C23H25N9O/c1-23(2)17-4-3-15(11-18(17)28-21(23)33)27-22-29-20-19(25-9-10-31(20)30-22)14-12-26-32(13-14)16-5-7-24-8-6-16/h3-4,9-13,16,24H,5-8H2,1-2H3,(H,27,30)(H,28,33). The minimum atomic E-state index is -0.533. The number of carbonyl (C=O) groups excluding carboxylic acids is 1. The van der Waals surface area contributed by atoms with Crippen molar-refractivity contribution in [1.29, 1.82) is 0 Å².